The SMILES string of the molecule is CC(C)(C)OC(=O)CC(C=O)CC(F)(F)F. The number of alkyl halides is 3. The number of ether oxygens (including phenoxy) is 1. The van der Waals surface area contributed by atoms with E-state index in [4.69, 9.17) is 4.74 Å². The lowest BCUT2D eigenvalue weighted by molar-refractivity contribution is -0.162. The molecule has 0 bridgehead atoms. The van der Waals surface area contributed by atoms with E-state index in [2.05, 4.69) is 0 Å². The predicted molar refractivity (Wildman–Crippen MR) is 50.7 cm³/mol. The van der Waals surface area contributed by atoms with Crippen LogP contribution in [0.2, 0.25) is 0 Å². The topological polar surface area (TPSA) is 43.4 Å². The van der Waals surface area contributed by atoms with Gasteiger partial charge in [-0.1, -0.05) is 0 Å². The summed E-state index contributed by atoms with van der Waals surface area (Å²) < 4.78 is 40.7. The van der Waals surface area contributed by atoms with Crippen LogP contribution in [0.15, 0.2) is 0 Å². The van der Waals surface area contributed by atoms with Gasteiger partial charge >= 0.3 is 12.1 Å². The second-order valence-electron chi connectivity index (χ2n) is 4.51. The van der Waals surface area contributed by atoms with E-state index in [1.54, 1.807) is 20.8 Å². The van der Waals surface area contributed by atoms with Crippen LogP contribution in [0.1, 0.15) is 33.6 Å². The summed E-state index contributed by atoms with van der Waals surface area (Å²) in [6, 6.07) is 0. The van der Waals surface area contributed by atoms with Gasteiger partial charge in [-0.3, -0.25) is 4.79 Å². The van der Waals surface area contributed by atoms with Crippen LogP contribution < -0.4 is 0 Å². The van der Waals surface area contributed by atoms with E-state index in [-0.39, 0.29) is 6.29 Å². The highest BCUT2D eigenvalue weighted by atomic mass is 19.4. The van der Waals surface area contributed by atoms with Gasteiger partial charge in [0, 0.05) is 5.92 Å². The Kier molecular flexibility index (Phi) is 4.96. The fourth-order valence-corrected chi connectivity index (χ4v) is 1.06. The third-order valence-corrected chi connectivity index (χ3v) is 1.53. The Hall–Kier alpha value is -1.07. The van der Waals surface area contributed by atoms with Crippen LogP contribution in [0.4, 0.5) is 13.2 Å². The Morgan fingerprint density at radius 1 is 1.31 bits per heavy atom. The van der Waals surface area contributed by atoms with E-state index in [1.165, 1.54) is 0 Å². The summed E-state index contributed by atoms with van der Waals surface area (Å²) in [5.41, 5.74) is -0.761. The zero-order chi connectivity index (χ0) is 13.0. The number of carbonyl (C=O) groups excluding carboxylic acids is 2. The molecule has 0 aromatic heterocycles. The molecule has 0 aromatic carbocycles. The molecule has 0 heterocycles. The molecule has 0 aromatic rings. The Labute approximate surface area is 92.0 Å². The molecule has 1 unspecified atom stereocenters. The lowest BCUT2D eigenvalue weighted by Crippen LogP contribution is -2.27. The number of halogens is 3. The van der Waals surface area contributed by atoms with Crippen LogP contribution in [0.25, 0.3) is 0 Å². The smallest absolute Gasteiger partial charge is 0.389 e. The molecule has 0 aliphatic carbocycles. The lowest BCUT2D eigenvalue weighted by Gasteiger charge is -2.20. The number of carbonyl (C=O) groups is 2. The van der Waals surface area contributed by atoms with E-state index >= 15 is 0 Å². The van der Waals surface area contributed by atoms with Crippen LogP contribution in [0, 0.1) is 5.92 Å². The van der Waals surface area contributed by atoms with Crippen molar-refractivity contribution < 1.29 is 27.5 Å². The van der Waals surface area contributed by atoms with Crippen molar-refractivity contribution in [2.45, 2.75) is 45.4 Å². The number of hydrogen-bond acceptors (Lipinski definition) is 3. The number of rotatable bonds is 4. The van der Waals surface area contributed by atoms with Crippen molar-refractivity contribution in [3.05, 3.63) is 0 Å². The molecule has 3 nitrogen and oxygen atoms in total. The summed E-state index contributed by atoms with van der Waals surface area (Å²) in [5.74, 6) is -2.16. The third-order valence-electron chi connectivity index (χ3n) is 1.53. The maximum absolute atomic E-state index is 12.0. The first-order chi connectivity index (χ1) is 7.03. The fraction of sp³-hybridized carbons (Fsp3) is 0.800. The van der Waals surface area contributed by atoms with E-state index in [9.17, 15) is 22.8 Å². The molecular weight excluding hydrogens is 225 g/mol. The van der Waals surface area contributed by atoms with Gasteiger partial charge in [0.15, 0.2) is 0 Å². The van der Waals surface area contributed by atoms with Crippen LogP contribution in [-0.4, -0.2) is 24.0 Å². The molecule has 16 heavy (non-hydrogen) atoms. The molecule has 0 rings (SSSR count). The zero-order valence-corrected chi connectivity index (χ0v) is 9.43. The van der Waals surface area contributed by atoms with Gasteiger partial charge in [0.1, 0.15) is 11.9 Å². The minimum Gasteiger partial charge on any atom is -0.460 e. The van der Waals surface area contributed by atoms with Gasteiger partial charge in [-0.25, -0.2) is 0 Å². The second kappa shape index (κ2) is 5.32. The van der Waals surface area contributed by atoms with Gasteiger partial charge in [-0.15, -0.1) is 0 Å². The molecule has 0 aliphatic rings. The molecule has 0 aliphatic heterocycles. The van der Waals surface area contributed by atoms with Gasteiger partial charge in [0.25, 0.3) is 0 Å². The molecule has 0 spiro atoms. The molecule has 0 radical (unpaired) electrons. The van der Waals surface area contributed by atoms with Crippen molar-refractivity contribution in [1.82, 2.24) is 0 Å². The number of hydrogen-bond donors (Lipinski definition) is 0. The summed E-state index contributed by atoms with van der Waals surface area (Å²) in [7, 11) is 0. The predicted octanol–water partition coefficient (Wildman–Crippen LogP) is 2.49. The van der Waals surface area contributed by atoms with E-state index in [0.29, 0.717) is 0 Å². The number of aldehydes is 1. The highest BCUT2D eigenvalue weighted by Crippen LogP contribution is 2.26. The van der Waals surface area contributed by atoms with E-state index in [1.807, 2.05) is 0 Å². The van der Waals surface area contributed by atoms with Crippen molar-refractivity contribution in [1.29, 1.82) is 0 Å². The van der Waals surface area contributed by atoms with Gasteiger partial charge < -0.3 is 9.53 Å². The van der Waals surface area contributed by atoms with E-state index in [0.717, 1.165) is 0 Å². The van der Waals surface area contributed by atoms with Crippen LogP contribution in [0.3, 0.4) is 0 Å². The standard InChI is InChI=1S/C10H15F3O3/c1-9(2,3)16-8(15)4-7(6-14)5-10(11,12)13/h6-7H,4-5H2,1-3H3. The average molecular weight is 240 g/mol. The normalized spacial score (nSPS) is 14.4. The van der Waals surface area contributed by atoms with Crippen molar-refractivity contribution >= 4 is 12.3 Å². The summed E-state index contributed by atoms with van der Waals surface area (Å²) in [5, 5.41) is 0. The first kappa shape index (κ1) is 14.9. The fourth-order valence-electron chi connectivity index (χ4n) is 1.06. The highest BCUT2D eigenvalue weighted by Gasteiger charge is 2.33. The summed E-state index contributed by atoms with van der Waals surface area (Å²) in [6.07, 6.45) is -6.15. The summed E-state index contributed by atoms with van der Waals surface area (Å²) >= 11 is 0. The van der Waals surface area contributed by atoms with Crippen LogP contribution in [-0.2, 0) is 14.3 Å². The monoisotopic (exact) mass is 240 g/mol. The maximum atomic E-state index is 12.0. The van der Waals surface area contributed by atoms with Gasteiger partial charge in [-0.05, 0) is 20.8 Å². The van der Waals surface area contributed by atoms with Gasteiger partial charge in [0.2, 0.25) is 0 Å². The minimum absolute atomic E-state index is 0.136. The lowest BCUT2D eigenvalue weighted by atomic mass is 10.0. The average Bonchev–Trinajstić information content (AvgIpc) is 1.96. The quantitative estimate of drug-likeness (QED) is 0.560. The van der Waals surface area contributed by atoms with Crippen LogP contribution >= 0.6 is 0 Å². The zero-order valence-electron chi connectivity index (χ0n) is 9.43. The minimum atomic E-state index is -4.45. The second-order valence-corrected chi connectivity index (χ2v) is 4.51. The molecule has 1 atom stereocenters. The Balaban J connectivity index is 4.24. The van der Waals surface area contributed by atoms with Crippen LogP contribution in [0.5, 0.6) is 0 Å². The van der Waals surface area contributed by atoms with E-state index < -0.39 is 36.5 Å². The Bertz CT molecular complexity index is 253. The molecule has 6 heteroatoms. The van der Waals surface area contributed by atoms with Crippen molar-refractivity contribution in [3.63, 3.8) is 0 Å². The van der Waals surface area contributed by atoms with Gasteiger partial charge in [0.05, 0.1) is 12.8 Å². The molecule has 0 saturated heterocycles. The molecule has 0 fully saturated rings. The molecule has 94 valence electrons. The Morgan fingerprint density at radius 3 is 2.12 bits per heavy atom. The highest BCUT2D eigenvalue weighted by molar-refractivity contribution is 5.74. The Morgan fingerprint density at radius 2 is 1.81 bits per heavy atom. The van der Waals surface area contributed by atoms with Crippen molar-refractivity contribution in [2.75, 3.05) is 0 Å². The molecule has 0 saturated carbocycles. The summed E-state index contributed by atoms with van der Waals surface area (Å²) in [4.78, 5) is 21.5. The molecular formula is C10H15F3O3. The van der Waals surface area contributed by atoms with Gasteiger partial charge in [-0.2, -0.15) is 13.2 Å². The maximum Gasteiger partial charge on any atom is 0.389 e. The first-order valence-corrected chi connectivity index (χ1v) is 4.77. The summed E-state index contributed by atoms with van der Waals surface area (Å²) in [6.45, 7) is 4.81. The third kappa shape index (κ3) is 8.26. The number of esters is 1. The first-order valence-electron chi connectivity index (χ1n) is 4.77. The molecule has 0 amide bonds. The van der Waals surface area contributed by atoms with Crippen molar-refractivity contribution in [3.8, 4) is 0 Å². The van der Waals surface area contributed by atoms with Crippen molar-refractivity contribution in [2.24, 2.45) is 5.92 Å². The molecule has 0 N–H and O–H groups in total. The largest absolute Gasteiger partial charge is 0.460 e.